The molecular formula is C11H13ClFN3O3. The quantitative estimate of drug-likeness (QED) is 0.642. The smallest absolute Gasteiger partial charge is 0.282 e. The van der Waals surface area contributed by atoms with E-state index < -0.39 is 16.6 Å². The van der Waals surface area contributed by atoms with E-state index in [9.17, 15) is 19.3 Å². The molecule has 0 spiro atoms. The van der Waals surface area contributed by atoms with Crippen LogP contribution in [0, 0.1) is 21.8 Å². The lowest BCUT2D eigenvalue weighted by molar-refractivity contribution is -0.385. The van der Waals surface area contributed by atoms with Crippen LogP contribution in [0.3, 0.4) is 0 Å². The third-order valence-corrected chi connectivity index (χ3v) is 2.82. The van der Waals surface area contributed by atoms with E-state index in [4.69, 9.17) is 0 Å². The number of nitro benzene ring substituents is 1. The van der Waals surface area contributed by atoms with Crippen LogP contribution in [0.25, 0.3) is 0 Å². The standard InChI is InChI=1S/C11H12FN3O3.ClH/c12-8-1-2-10(15(17)18)9(3-8)11(16)14-6-7-4-13-5-7;/h1-3,7,13H,4-6H2,(H,14,16);1H. The maximum Gasteiger partial charge on any atom is 0.282 e. The second kappa shape index (κ2) is 6.44. The van der Waals surface area contributed by atoms with Crippen LogP contribution in [0.4, 0.5) is 10.1 Å². The molecule has 0 aromatic heterocycles. The topological polar surface area (TPSA) is 84.3 Å². The minimum atomic E-state index is -0.695. The van der Waals surface area contributed by atoms with Gasteiger partial charge in [0.25, 0.3) is 11.6 Å². The van der Waals surface area contributed by atoms with E-state index in [1.807, 2.05) is 0 Å². The maximum atomic E-state index is 13.0. The Hall–Kier alpha value is -1.73. The minimum absolute atomic E-state index is 0. The predicted octanol–water partition coefficient (Wildman–Crippen LogP) is 1.10. The number of amides is 1. The van der Waals surface area contributed by atoms with E-state index in [0.29, 0.717) is 12.5 Å². The van der Waals surface area contributed by atoms with Crippen LogP contribution in [-0.2, 0) is 0 Å². The van der Waals surface area contributed by atoms with E-state index in [0.717, 1.165) is 31.3 Å². The van der Waals surface area contributed by atoms with Crippen molar-refractivity contribution in [2.45, 2.75) is 0 Å². The Morgan fingerprint density at radius 1 is 1.53 bits per heavy atom. The highest BCUT2D eigenvalue weighted by Gasteiger charge is 2.23. The summed E-state index contributed by atoms with van der Waals surface area (Å²) in [6.45, 7) is 2.05. The molecule has 1 amide bonds. The first-order valence-electron chi connectivity index (χ1n) is 5.51. The van der Waals surface area contributed by atoms with Crippen LogP contribution >= 0.6 is 12.4 Å². The molecule has 0 radical (unpaired) electrons. The zero-order valence-electron chi connectivity index (χ0n) is 9.89. The van der Waals surface area contributed by atoms with Gasteiger partial charge in [0.15, 0.2) is 0 Å². The Morgan fingerprint density at radius 2 is 2.21 bits per heavy atom. The number of carbonyl (C=O) groups excluding carboxylic acids is 1. The summed E-state index contributed by atoms with van der Waals surface area (Å²) in [5.41, 5.74) is -0.632. The van der Waals surface area contributed by atoms with Crippen molar-refractivity contribution in [3.05, 3.63) is 39.7 Å². The summed E-state index contributed by atoms with van der Waals surface area (Å²) in [6, 6.07) is 2.84. The fourth-order valence-corrected chi connectivity index (χ4v) is 1.67. The largest absolute Gasteiger partial charge is 0.351 e. The fourth-order valence-electron chi connectivity index (χ4n) is 1.67. The summed E-state index contributed by atoms with van der Waals surface area (Å²) < 4.78 is 13.0. The van der Waals surface area contributed by atoms with Gasteiger partial charge in [0.1, 0.15) is 11.4 Å². The number of hydrogen-bond donors (Lipinski definition) is 2. The average Bonchev–Trinajstić information content (AvgIpc) is 2.26. The molecule has 8 heteroatoms. The number of rotatable bonds is 4. The van der Waals surface area contributed by atoms with Crippen molar-refractivity contribution in [1.82, 2.24) is 10.6 Å². The molecule has 2 rings (SSSR count). The summed E-state index contributed by atoms with van der Waals surface area (Å²) >= 11 is 0. The van der Waals surface area contributed by atoms with Gasteiger partial charge in [-0.3, -0.25) is 14.9 Å². The van der Waals surface area contributed by atoms with Crippen molar-refractivity contribution in [1.29, 1.82) is 0 Å². The van der Waals surface area contributed by atoms with Crippen LogP contribution in [0.5, 0.6) is 0 Å². The van der Waals surface area contributed by atoms with Crippen LogP contribution in [-0.4, -0.2) is 30.5 Å². The number of nitrogens with one attached hydrogen (secondary N) is 2. The molecule has 1 aromatic carbocycles. The van der Waals surface area contributed by atoms with E-state index in [-0.39, 0.29) is 23.7 Å². The molecule has 1 aliphatic rings. The zero-order valence-corrected chi connectivity index (χ0v) is 10.7. The summed E-state index contributed by atoms with van der Waals surface area (Å²) in [5, 5.41) is 16.4. The van der Waals surface area contributed by atoms with Crippen molar-refractivity contribution in [3.63, 3.8) is 0 Å². The van der Waals surface area contributed by atoms with Crippen molar-refractivity contribution < 1.29 is 14.1 Å². The third kappa shape index (κ3) is 3.62. The van der Waals surface area contributed by atoms with Gasteiger partial charge in [-0.15, -0.1) is 12.4 Å². The first-order chi connectivity index (χ1) is 8.58. The molecule has 0 bridgehead atoms. The molecule has 104 valence electrons. The molecular weight excluding hydrogens is 277 g/mol. The van der Waals surface area contributed by atoms with Gasteiger partial charge in [-0.2, -0.15) is 0 Å². The predicted molar refractivity (Wildman–Crippen MR) is 69.0 cm³/mol. The van der Waals surface area contributed by atoms with Crippen molar-refractivity contribution in [3.8, 4) is 0 Å². The average molecular weight is 290 g/mol. The van der Waals surface area contributed by atoms with Crippen LogP contribution < -0.4 is 10.6 Å². The molecule has 0 atom stereocenters. The SMILES string of the molecule is Cl.O=C(NCC1CNC1)c1cc(F)ccc1[N+](=O)[O-]. The highest BCUT2D eigenvalue weighted by atomic mass is 35.5. The summed E-state index contributed by atoms with van der Waals surface area (Å²) in [6.07, 6.45) is 0. The second-order valence-electron chi connectivity index (χ2n) is 4.15. The van der Waals surface area contributed by atoms with Gasteiger partial charge >= 0.3 is 0 Å². The molecule has 6 nitrogen and oxygen atoms in total. The van der Waals surface area contributed by atoms with E-state index >= 15 is 0 Å². The zero-order chi connectivity index (χ0) is 13.1. The van der Waals surface area contributed by atoms with Crippen LogP contribution in [0.1, 0.15) is 10.4 Å². The number of hydrogen-bond acceptors (Lipinski definition) is 4. The van der Waals surface area contributed by atoms with Crippen LogP contribution in [0.2, 0.25) is 0 Å². The molecule has 0 aliphatic carbocycles. The first-order valence-corrected chi connectivity index (χ1v) is 5.51. The Kier molecular flexibility index (Phi) is 5.20. The third-order valence-electron chi connectivity index (χ3n) is 2.82. The van der Waals surface area contributed by atoms with E-state index in [2.05, 4.69) is 10.6 Å². The van der Waals surface area contributed by atoms with E-state index in [1.165, 1.54) is 0 Å². The molecule has 1 saturated heterocycles. The lowest BCUT2D eigenvalue weighted by Gasteiger charge is -2.27. The summed E-state index contributed by atoms with van der Waals surface area (Å²) in [5.74, 6) is -0.953. The molecule has 19 heavy (non-hydrogen) atoms. The van der Waals surface area contributed by atoms with Gasteiger partial charge in [0, 0.05) is 31.6 Å². The van der Waals surface area contributed by atoms with Gasteiger partial charge in [-0.1, -0.05) is 0 Å². The number of nitrogens with zero attached hydrogens (tertiary/aromatic N) is 1. The Balaban J connectivity index is 0.00000180. The van der Waals surface area contributed by atoms with Crippen molar-refractivity contribution in [2.75, 3.05) is 19.6 Å². The van der Waals surface area contributed by atoms with Gasteiger partial charge in [0.05, 0.1) is 4.92 Å². The van der Waals surface area contributed by atoms with Crippen LogP contribution in [0.15, 0.2) is 18.2 Å². The molecule has 1 heterocycles. The van der Waals surface area contributed by atoms with Crippen molar-refractivity contribution >= 4 is 24.0 Å². The number of benzene rings is 1. The molecule has 1 aliphatic heterocycles. The van der Waals surface area contributed by atoms with Crippen molar-refractivity contribution in [2.24, 2.45) is 5.92 Å². The number of nitro groups is 1. The first kappa shape index (κ1) is 15.3. The summed E-state index contributed by atoms with van der Waals surface area (Å²) in [7, 11) is 0. The number of carbonyl (C=O) groups is 1. The van der Waals surface area contributed by atoms with Gasteiger partial charge in [-0.05, 0) is 12.1 Å². The van der Waals surface area contributed by atoms with Gasteiger partial charge < -0.3 is 10.6 Å². The Bertz CT molecular complexity index is 494. The fraction of sp³-hybridized carbons (Fsp3) is 0.364. The molecule has 1 aromatic rings. The molecule has 0 saturated carbocycles. The molecule has 0 unspecified atom stereocenters. The summed E-state index contributed by atoms with van der Waals surface area (Å²) in [4.78, 5) is 21.8. The van der Waals surface area contributed by atoms with Gasteiger partial charge in [-0.25, -0.2) is 4.39 Å². The second-order valence-corrected chi connectivity index (χ2v) is 4.15. The Morgan fingerprint density at radius 3 is 2.74 bits per heavy atom. The number of halogens is 2. The highest BCUT2D eigenvalue weighted by molar-refractivity contribution is 5.98. The monoisotopic (exact) mass is 289 g/mol. The minimum Gasteiger partial charge on any atom is -0.351 e. The normalized spacial score (nSPS) is 14.2. The highest BCUT2D eigenvalue weighted by Crippen LogP contribution is 2.19. The molecule has 2 N–H and O–H groups in total. The van der Waals surface area contributed by atoms with Gasteiger partial charge in [0.2, 0.25) is 0 Å². The lowest BCUT2D eigenvalue weighted by atomic mass is 10.0. The lowest BCUT2D eigenvalue weighted by Crippen LogP contribution is -2.48. The maximum absolute atomic E-state index is 13.0. The Labute approximate surface area is 114 Å². The van der Waals surface area contributed by atoms with E-state index in [1.54, 1.807) is 0 Å². The molecule has 1 fully saturated rings.